The highest BCUT2D eigenvalue weighted by molar-refractivity contribution is 5.82. The van der Waals surface area contributed by atoms with Gasteiger partial charge in [0.1, 0.15) is 0 Å². The molecule has 1 unspecified atom stereocenters. The molecule has 13 heavy (non-hydrogen) atoms. The predicted molar refractivity (Wildman–Crippen MR) is 53.6 cm³/mol. The summed E-state index contributed by atoms with van der Waals surface area (Å²) in [7, 11) is 0. The number of H-pyrrole nitrogens is 1. The smallest absolute Gasteiger partial charge is 0.0653 e. The van der Waals surface area contributed by atoms with Crippen LogP contribution in [0.25, 0.3) is 10.9 Å². The number of fused-ring (bicyclic) bond motifs is 1. The predicted octanol–water partition coefficient (Wildman–Crippen LogP) is 1.63. The average molecular weight is 175 g/mol. The molecule has 1 atom stereocenters. The lowest BCUT2D eigenvalue weighted by Crippen LogP contribution is -2.08. The molecule has 1 aromatic heterocycles. The van der Waals surface area contributed by atoms with Gasteiger partial charge in [0.15, 0.2) is 0 Å². The fourth-order valence-corrected chi connectivity index (χ4v) is 1.55. The standard InChI is InChI=1S/C10H13N3/c1-7(5-11)8-3-2-4-10-9(8)6-12-13-10/h2-4,6-7H,5,11H2,1H3,(H,12,13). The van der Waals surface area contributed by atoms with Crippen molar-refractivity contribution in [2.45, 2.75) is 12.8 Å². The van der Waals surface area contributed by atoms with Crippen LogP contribution in [0.5, 0.6) is 0 Å². The Balaban J connectivity index is 2.60. The summed E-state index contributed by atoms with van der Waals surface area (Å²) in [6.45, 7) is 2.80. The highest BCUT2D eigenvalue weighted by Crippen LogP contribution is 2.22. The van der Waals surface area contributed by atoms with Crippen molar-refractivity contribution >= 4 is 10.9 Å². The lowest BCUT2D eigenvalue weighted by atomic mass is 9.98. The summed E-state index contributed by atoms with van der Waals surface area (Å²) in [6.07, 6.45) is 1.86. The number of nitrogens with zero attached hydrogens (tertiary/aromatic N) is 1. The van der Waals surface area contributed by atoms with Crippen molar-refractivity contribution in [1.29, 1.82) is 0 Å². The van der Waals surface area contributed by atoms with E-state index in [1.807, 2.05) is 18.3 Å². The van der Waals surface area contributed by atoms with E-state index in [1.165, 1.54) is 10.9 Å². The van der Waals surface area contributed by atoms with Crippen LogP contribution >= 0.6 is 0 Å². The van der Waals surface area contributed by atoms with Gasteiger partial charge in [-0.15, -0.1) is 0 Å². The van der Waals surface area contributed by atoms with Gasteiger partial charge in [-0.2, -0.15) is 5.10 Å². The van der Waals surface area contributed by atoms with Gasteiger partial charge >= 0.3 is 0 Å². The molecule has 0 saturated carbocycles. The fourth-order valence-electron chi connectivity index (χ4n) is 1.55. The molecule has 1 aromatic carbocycles. The number of aromatic amines is 1. The number of benzene rings is 1. The zero-order valence-corrected chi connectivity index (χ0v) is 7.62. The van der Waals surface area contributed by atoms with Crippen LogP contribution in [-0.2, 0) is 0 Å². The minimum atomic E-state index is 0.390. The normalized spacial score (nSPS) is 13.4. The van der Waals surface area contributed by atoms with Gasteiger partial charge in [-0.1, -0.05) is 19.1 Å². The second-order valence-corrected chi connectivity index (χ2v) is 3.32. The van der Waals surface area contributed by atoms with Crippen LogP contribution in [0, 0.1) is 0 Å². The first-order valence-electron chi connectivity index (χ1n) is 4.45. The molecule has 0 aliphatic rings. The maximum Gasteiger partial charge on any atom is 0.0653 e. The van der Waals surface area contributed by atoms with E-state index < -0.39 is 0 Å². The van der Waals surface area contributed by atoms with E-state index in [0.29, 0.717) is 12.5 Å². The van der Waals surface area contributed by atoms with Gasteiger partial charge in [0.25, 0.3) is 0 Å². The summed E-state index contributed by atoms with van der Waals surface area (Å²) in [5.41, 5.74) is 7.99. The Morgan fingerprint density at radius 3 is 3.15 bits per heavy atom. The molecule has 3 nitrogen and oxygen atoms in total. The zero-order chi connectivity index (χ0) is 9.26. The van der Waals surface area contributed by atoms with Gasteiger partial charge in [0.2, 0.25) is 0 Å². The molecule has 68 valence electrons. The first kappa shape index (κ1) is 8.26. The molecule has 0 radical (unpaired) electrons. The minimum absolute atomic E-state index is 0.390. The Kier molecular flexibility index (Phi) is 2.02. The summed E-state index contributed by atoms with van der Waals surface area (Å²) < 4.78 is 0. The first-order chi connectivity index (χ1) is 6.33. The van der Waals surface area contributed by atoms with E-state index in [4.69, 9.17) is 5.73 Å². The molecule has 1 heterocycles. The van der Waals surface area contributed by atoms with Crippen molar-refractivity contribution in [3.05, 3.63) is 30.0 Å². The van der Waals surface area contributed by atoms with E-state index in [-0.39, 0.29) is 0 Å². The summed E-state index contributed by atoms with van der Waals surface area (Å²) in [4.78, 5) is 0. The third-order valence-corrected chi connectivity index (χ3v) is 2.40. The molecule has 0 aliphatic heterocycles. The van der Waals surface area contributed by atoms with Gasteiger partial charge in [-0.25, -0.2) is 0 Å². The third-order valence-electron chi connectivity index (χ3n) is 2.40. The van der Waals surface area contributed by atoms with Crippen molar-refractivity contribution < 1.29 is 0 Å². The summed E-state index contributed by atoms with van der Waals surface area (Å²) in [6, 6.07) is 6.16. The highest BCUT2D eigenvalue weighted by atomic mass is 15.1. The first-order valence-corrected chi connectivity index (χ1v) is 4.45. The zero-order valence-electron chi connectivity index (χ0n) is 7.62. The number of nitrogens with two attached hydrogens (primary N) is 1. The molecule has 2 rings (SSSR count). The van der Waals surface area contributed by atoms with Crippen LogP contribution < -0.4 is 5.73 Å². The lowest BCUT2D eigenvalue weighted by molar-refractivity contribution is 0.781. The van der Waals surface area contributed by atoms with Gasteiger partial charge < -0.3 is 5.73 Å². The largest absolute Gasteiger partial charge is 0.330 e. The van der Waals surface area contributed by atoms with Crippen LogP contribution in [-0.4, -0.2) is 16.7 Å². The minimum Gasteiger partial charge on any atom is -0.330 e. The average Bonchev–Trinajstić information content (AvgIpc) is 2.63. The number of hydrogen-bond donors (Lipinski definition) is 2. The van der Waals surface area contributed by atoms with Crippen LogP contribution in [0.4, 0.5) is 0 Å². The second-order valence-electron chi connectivity index (χ2n) is 3.32. The summed E-state index contributed by atoms with van der Waals surface area (Å²) in [5, 5.41) is 8.14. The Bertz CT molecular complexity index is 405. The van der Waals surface area contributed by atoms with Crippen molar-refractivity contribution in [1.82, 2.24) is 10.2 Å². The molecule has 0 fully saturated rings. The SMILES string of the molecule is CC(CN)c1cccc2[nH]ncc12. The monoisotopic (exact) mass is 175 g/mol. The second kappa shape index (κ2) is 3.18. The van der Waals surface area contributed by atoms with Gasteiger partial charge in [-0.3, -0.25) is 5.10 Å². The topological polar surface area (TPSA) is 54.7 Å². The molecule has 0 aliphatic carbocycles. The van der Waals surface area contributed by atoms with Gasteiger partial charge in [0.05, 0.1) is 11.7 Å². The Morgan fingerprint density at radius 1 is 1.54 bits per heavy atom. The van der Waals surface area contributed by atoms with Crippen LogP contribution in [0.3, 0.4) is 0 Å². The van der Waals surface area contributed by atoms with Gasteiger partial charge in [-0.05, 0) is 24.1 Å². The fraction of sp³-hybridized carbons (Fsp3) is 0.300. The summed E-state index contributed by atoms with van der Waals surface area (Å²) >= 11 is 0. The van der Waals surface area contributed by atoms with Crippen LogP contribution in [0.2, 0.25) is 0 Å². The van der Waals surface area contributed by atoms with Crippen LogP contribution in [0.15, 0.2) is 24.4 Å². The molecule has 0 spiro atoms. The number of nitrogens with one attached hydrogen (secondary N) is 1. The van der Waals surface area contributed by atoms with E-state index >= 15 is 0 Å². The molecule has 0 amide bonds. The molecule has 2 aromatic rings. The summed E-state index contributed by atoms with van der Waals surface area (Å²) in [5.74, 6) is 0.390. The molecule has 0 bridgehead atoms. The Hall–Kier alpha value is -1.35. The van der Waals surface area contributed by atoms with E-state index in [2.05, 4.69) is 23.2 Å². The van der Waals surface area contributed by atoms with Crippen LogP contribution in [0.1, 0.15) is 18.4 Å². The number of hydrogen-bond acceptors (Lipinski definition) is 2. The lowest BCUT2D eigenvalue weighted by Gasteiger charge is -2.09. The molecular formula is C10H13N3. The molecule has 3 N–H and O–H groups in total. The molecule has 3 heteroatoms. The highest BCUT2D eigenvalue weighted by Gasteiger charge is 2.07. The molecular weight excluding hydrogens is 162 g/mol. The van der Waals surface area contributed by atoms with Crippen molar-refractivity contribution in [2.24, 2.45) is 5.73 Å². The maximum atomic E-state index is 5.63. The quantitative estimate of drug-likeness (QED) is 0.728. The Labute approximate surface area is 76.9 Å². The third kappa shape index (κ3) is 1.31. The molecule has 0 saturated heterocycles. The van der Waals surface area contributed by atoms with Crippen molar-refractivity contribution in [2.75, 3.05) is 6.54 Å². The number of aromatic nitrogens is 2. The van der Waals surface area contributed by atoms with Crippen molar-refractivity contribution in [3.8, 4) is 0 Å². The van der Waals surface area contributed by atoms with Gasteiger partial charge in [0, 0.05) is 5.39 Å². The maximum absolute atomic E-state index is 5.63. The van der Waals surface area contributed by atoms with Crippen molar-refractivity contribution in [3.63, 3.8) is 0 Å². The Morgan fingerprint density at radius 2 is 2.38 bits per heavy atom. The van der Waals surface area contributed by atoms with E-state index in [1.54, 1.807) is 0 Å². The number of rotatable bonds is 2. The van der Waals surface area contributed by atoms with E-state index in [9.17, 15) is 0 Å². The van der Waals surface area contributed by atoms with E-state index in [0.717, 1.165) is 5.52 Å².